The zero-order chi connectivity index (χ0) is 24.3. The van der Waals surface area contributed by atoms with Crippen molar-refractivity contribution in [2.75, 3.05) is 53.6 Å². The summed E-state index contributed by atoms with van der Waals surface area (Å²) in [6.45, 7) is 5.05. The number of ether oxygens (including phenoxy) is 2. The van der Waals surface area contributed by atoms with Gasteiger partial charge in [0.1, 0.15) is 11.9 Å². The number of carbonyl (C=O) groups is 1. The zero-order valence-corrected chi connectivity index (χ0v) is 20.9. The molecule has 2 aromatic rings. The Hall–Kier alpha value is -2.56. The average Bonchev–Trinajstić information content (AvgIpc) is 3.39. The third-order valence-electron chi connectivity index (χ3n) is 6.98. The number of hydrogen-bond donors (Lipinski definition) is 3. The van der Waals surface area contributed by atoms with Gasteiger partial charge in [-0.2, -0.15) is 4.98 Å². The summed E-state index contributed by atoms with van der Waals surface area (Å²) in [5, 5.41) is 12.0. The van der Waals surface area contributed by atoms with E-state index in [0.717, 1.165) is 36.6 Å². The van der Waals surface area contributed by atoms with Crippen molar-refractivity contribution in [2.24, 2.45) is 5.41 Å². The standard InChI is InChI=1S/C25H33N5O4S/c1-17-14-22(28-24(26-17)34-19-4-12-33-16-19)27-23(32)20-3-2-18(29-35-13-11-31)15-21(20)30-9-7-25(5-6-25)8-10-30/h2-3,14-15,19,29,31H,4-13,16H2,1H3,(H,26,27,28,32). The van der Waals surface area contributed by atoms with E-state index in [1.54, 1.807) is 6.07 Å². The number of benzene rings is 1. The van der Waals surface area contributed by atoms with E-state index in [9.17, 15) is 4.79 Å². The van der Waals surface area contributed by atoms with Crippen LogP contribution in [0.4, 0.5) is 17.2 Å². The van der Waals surface area contributed by atoms with Crippen molar-refractivity contribution in [1.82, 2.24) is 9.97 Å². The lowest BCUT2D eigenvalue weighted by molar-refractivity contribution is 0.102. The molecule has 1 saturated carbocycles. The van der Waals surface area contributed by atoms with Crippen LogP contribution in [0.5, 0.6) is 6.01 Å². The molecule has 3 aliphatic rings. The molecule has 1 amide bonds. The Bertz CT molecular complexity index is 1050. The molecule has 0 bridgehead atoms. The summed E-state index contributed by atoms with van der Waals surface area (Å²) < 4.78 is 14.5. The monoisotopic (exact) mass is 499 g/mol. The van der Waals surface area contributed by atoms with E-state index in [1.807, 2.05) is 25.1 Å². The first-order valence-corrected chi connectivity index (χ1v) is 13.3. The number of nitrogens with one attached hydrogen (secondary N) is 2. The fourth-order valence-corrected chi connectivity index (χ4v) is 5.21. The number of aryl methyl sites for hydroxylation is 1. The van der Waals surface area contributed by atoms with Gasteiger partial charge >= 0.3 is 6.01 Å². The summed E-state index contributed by atoms with van der Waals surface area (Å²) in [5.74, 6) is 0.794. The molecule has 2 saturated heterocycles. The topological polar surface area (TPSA) is 109 Å². The van der Waals surface area contributed by atoms with Crippen LogP contribution in [0.25, 0.3) is 0 Å². The number of aliphatic hydroxyl groups is 1. The van der Waals surface area contributed by atoms with Crippen LogP contribution in [0, 0.1) is 12.3 Å². The van der Waals surface area contributed by atoms with Crippen molar-refractivity contribution in [2.45, 2.75) is 45.1 Å². The van der Waals surface area contributed by atoms with E-state index in [4.69, 9.17) is 14.6 Å². The summed E-state index contributed by atoms with van der Waals surface area (Å²) in [6.07, 6.45) is 5.74. The number of anilines is 3. The Kier molecular flexibility index (Phi) is 7.31. The van der Waals surface area contributed by atoms with Gasteiger partial charge in [0.05, 0.1) is 31.1 Å². The maximum absolute atomic E-state index is 13.4. The van der Waals surface area contributed by atoms with Crippen LogP contribution in [0.15, 0.2) is 24.3 Å². The van der Waals surface area contributed by atoms with Gasteiger partial charge in [-0.15, -0.1) is 0 Å². The quantitative estimate of drug-likeness (QED) is 0.352. The summed E-state index contributed by atoms with van der Waals surface area (Å²) in [5.41, 5.74) is 3.70. The fraction of sp³-hybridized carbons (Fsp3) is 0.560. The Morgan fingerprint density at radius 2 is 2.09 bits per heavy atom. The SMILES string of the molecule is Cc1cc(NC(=O)c2ccc(NSCCO)cc2N2CCC3(CC2)CC3)nc(OC2CCOC2)n1. The predicted molar refractivity (Wildman–Crippen MR) is 137 cm³/mol. The molecule has 188 valence electrons. The molecule has 1 atom stereocenters. The minimum Gasteiger partial charge on any atom is -0.458 e. The zero-order valence-electron chi connectivity index (χ0n) is 20.1. The molecule has 10 heteroatoms. The van der Waals surface area contributed by atoms with Crippen LogP contribution in [-0.2, 0) is 4.74 Å². The van der Waals surface area contributed by atoms with Gasteiger partial charge in [-0.3, -0.25) is 4.79 Å². The van der Waals surface area contributed by atoms with Crippen molar-refractivity contribution < 1.29 is 19.4 Å². The molecule has 2 aliphatic heterocycles. The number of nitrogens with zero attached hydrogens (tertiary/aromatic N) is 3. The smallest absolute Gasteiger partial charge is 0.318 e. The Balaban J connectivity index is 1.34. The number of piperidine rings is 1. The largest absolute Gasteiger partial charge is 0.458 e. The van der Waals surface area contributed by atoms with Crippen LogP contribution in [0.2, 0.25) is 0 Å². The fourth-order valence-electron chi connectivity index (χ4n) is 4.72. The van der Waals surface area contributed by atoms with Gasteiger partial charge in [-0.25, -0.2) is 4.98 Å². The van der Waals surface area contributed by atoms with Gasteiger partial charge in [0.25, 0.3) is 5.91 Å². The predicted octanol–water partition coefficient (Wildman–Crippen LogP) is 3.64. The number of hydrogen-bond acceptors (Lipinski definition) is 9. The van der Waals surface area contributed by atoms with Gasteiger partial charge in [0, 0.05) is 42.7 Å². The molecule has 1 aromatic carbocycles. The first-order chi connectivity index (χ1) is 17.0. The number of carbonyl (C=O) groups excluding carboxylic acids is 1. The molecule has 3 fully saturated rings. The van der Waals surface area contributed by atoms with E-state index < -0.39 is 0 Å². The van der Waals surface area contributed by atoms with E-state index in [-0.39, 0.29) is 24.6 Å². The summed E-state index contributed by atoms with van der Waals surface area (Å²) >= 11 is 1.45. The first-order valence-electron chi connectivity index (χ1n) is 12.3. The highest BCUT2D eigenvalue weighted by Gasteiger charge is 2.44. The molecular formula is C25H33N5O4S. The highest BCUT2D eigenvalue weighted by atomic mass is 32.2. The highest BCUT2D eigenvalue weighted by Crippen LogP contribution is 2.54. The van der Waals surface area contributed by atoms with Gasteiger partial charge in [-0.05, 0) is 56.2 Å². The second kappa shape index (κ2) is 10.6. The van der Waals surface area contributed by atoms with Crippen LogP contribution in [-0.4, -0.2) is 65.7 Å². The minimum atomic E-state index is -0.213. The van der Waals surface area contributed by atoms with Crippen LogP contribution < -0.4 is 19.7 Å². The Morgan fingerprint density at radius 3 is 2.80 bits per heavy atom. The van der Waals surface area contributed by atoms with Crippen molar-refractivity contribution in [3.8, 4) is 6.01 Å². The van der Waals surface area contributed by atoms with Crippen LogP contribution in [0.1, 0.15) is 48.2 Å². The molecule has 3 heterocycles. The van der Waals surface area contributed by atoms with E-state index in [0.29, 0.717) is 35.8 Å². The third kappa shape index (κ3) is 5.99. The van der Waals surface area contributed by atoms with Crippen molar-refractivity contribution in [3.63, 3.8) is 0 Å². The van der Waals surface area contributed by atoms with Crippen molar-refractivity contribution in [1.29, 1.82) is 0 Å². The van der Waals surface area contributed by atoms with E-state index in [1.165, 1.54) is 37.6 Å². The molecule has 0 radical (unpaired) electrons. The maximum Gasteiger partial charge on any atom is 0.318 e. The molecular weight excluding hydrogens is 466 g/mol. The first kappa shape index (κ1) is 24.1. The molecule has 35 heavy (non-hydrogen) atoms. The lowest BCUT2D eigenvalue weighted by Crippen LogP contribution is -2.35. The summed E-state index contributed by atoms with van der Waals surface area (Å²) in [7, 11) is 0. The second-order valence-electron chi connectivity index (χ2n) is 9.63. The van der Waals surface area contributed by atoms with Gasteiger partial charge in [0.15, 0.2) is 0 Å². The van der Waals surface area contributed by atoms with Gasteiger partial charge in [0.2, 0.25) is 0 Å². The number of aliphatic hydroxyl groups excluding tert-OH is 1. The normalized spacial score (nSPS) is 20.6. The van der Waals surface area contributed by atoms with Crippen LogP contribution >= 0.6 is 11.9 Å². The number of aromatic nitrogens is 2. The minimum absolute atomic E-state index is 0.0652. The number of rotatable bonds is 9. The molecule has 1 spiro atoms. The maximum atomic E-state index is 13.4. The third-order valence-corrected chi connectivity index (χ3v) is 7.75. The van der Waals surface area contributed by atoms with Gasteiger partial charge in [-0.1, -0.05) is 11.9 Å². The summed E-state index contributed by atoms with van der Waals surface area (Å²) in [6, 6.07) is 7.78. The Labute approximate surface area is 210 Å². The van der Waals surface area contributed by atoms with Crippen molar-refractivity contribution in [3.05, 3.63) is 35.5 Å². The molecule has 1 unspecified atom stereocenters. The van der Waals surface area contributed by atoms with Gasteiger partial charge < -0.3 is 29.5 Å². The molecule has 5 rings (SSSR count). The second-order valence-corrected chi connectivity index (χ2v) is 10.5. The summed E-state index contributed by atoms with van der Waals surface area (Å²) in [4.78, 5) is 24.5. The van der Waals surface area contributed by atoms with Crippen LogP contribution in [0.3, 0.4) is 0 Å². The molecule has 3 N–H and O–H groups in total. The molecule has 1 aliphatic carbocycles. The Morgan fingerprint density at radius 1 is 1.26 bits per heavy atom. The molecule has 1 aromatic heterocycles. The van der Waals surface area contributed by atoms with E-state index in [2.05, 4.69) is 24.9 Å². The lowest BCUT2D eigenvalue weighted by Gasteiger charge is -2.35. The number of amides is 1. The lowest BCUT2D eigenvalue weighted by atomic mass is 9.93. The molecule has 9 nitrogen and oxygen atoms in total. The highest BCUT2D eigenvalue weighted by molar-refractivity contribution is 8.00. The van der Waals surface area contributed by atoms with Crippen molar-refractivity contribution >= 4 is 35.0 Å². The van der Waals surface area contributed by atoms with E-state index >= 15 is 0 Å². The average molecular weight is 500 g/mol.